The number of phenolic OH excluding ortho intramolecular Hbond substituents is 1. The molecule has 0 unspecified atom stereocenters. The average molecular weight is 471 g/mol. The van der Waals surface area contributed by atoms with Crippen LogP contribution in [0, 0.1) is 6.92 Å². The van der Waals surface area contributed by atoms with E-state index in [4.69, 9.17) is 17.0 Å². The quantitative estimate of drug-likeness (QED) is 0.354. The minimum atomic E-state index is -0.345. The summed E-state index contributed by atoms with van der Waals surface area (Å²) in [5.41, 5.74) is 2.81. The molecule has 0 bridgehead atoms. The Morgan fingerprint density at radius 1 is 1.10 bits per heavy atom. The molecule has 0 aliphatic heterocycles. The van der Waals surface area contributed by atoms with E-state index >= 15 is 0 Å². The van der Waals surface area contributed by atoms with Crippen LogP contribution in [0.3, 0.4) is 0 Å². The van der Waals surface area contributed by atoms with Crippen LogP contribution in [-0.4, -0.2) is 16.1 Å². The standard InChI is InChI=1S/C22H19BrN2O3S/c1-14-10-17(12-19(23)20(14)26)24-22(29)25-21(27)16-8-5-9-18(11-16)28-13-15-6-3-2-4-7-15/h2-12,26H,13H2,1H3,(H2,24,25,27,29). The summed E-state index contributed by atoms with van der Waals surface area (Å²) in [6.45, 7) is 2.19. The third kappa shape index (κ3) is 5.79. The van der Waals surface area contributed by atoms with E-state index in [1.54, 1.807) is 43.3 Å². The van der Waals surface area contributed by atoms with Gasteiger partial charge in [0.1, 0.15) is 18.1 Å². The first-order valence-corrected chi connectivity index (χ1v) is 10.0. The van der Waals surface area contributed by atoms with E-state index in [1.807, 2.05) is 30.3 Å². The Morgan fingerprint density at radius 2 is 1.86 bits per heavy atom. The molecule has 3 aromatic carbocycles. The number of hydrogen-bond acceptors (Lipinski definition) is 4. The van der Waals surface area contributed by atoms with Crippen molar-refractivity contribution >= 4 is 44.9 Å². The molecule has 0 aliphatic rings. The van der Waals surface area contributed by atoms with Gasteiger partial charge < -0.3 is 15.2 Å². The molecule has 0 spiro atoms. The van der Waals surface area contributed by atoms with E-state index in [2.05, 4.69) is 26.6 Å². The molecule has 0 radical (unpaired) electrons. The molecule has 0 aliphatic carbocycles. The summed E-state index contributed by atoms with van der Waals surface area (Å²) in [5, 5.41) is 15.6. The van der Waals surface area contributed by atoms with Crippen LogP contribution >= 0.6 is 28.1 Å². The van der Waals surface area contributed by atoms with Gasteiger partial charge in [-0.3, -0.25) is 10.1 Å². The first-order chi connectivity index (χ1) is 13.9. The van der Waals surface area contributed by atoms with Crippen LogP contribution in [0.4, 0.5) is 5.69 Å². The van der Waals surface area contributed by atoms with E-state index in [-0.39, 0.29) is 16.8 Å². The van der Waals surface area contributed by atoms with Crippen molar-refractivity contribution < 1.29 is 14.6 Å². The van der Waals surface area contributed by atoms with Crippen molar-refractivity contribution in [3.8, 4) is 11.5 Å². The number of rotatable bonds is 5. The number of nitrogens with one attached hydrogen (secondary N) is 2. The second kappa shape index (κ2) is 9.54. The lowest BCUT2D eigenvalue weighted by Gasteiger charge is -2.12. The summed E-state index contributed by atoms with van der Waals surface area (Å²) in [6.07, 6.45) is 0. The second-order valence-electron chi connectivity index (χ2n) is 6.33. The number of ether oxygens (including phenoxy) is 1. The Bertz CT molecular complexity index is 1020. The van der Waals surface area contributed by atoms with Crippen LogP contribution < -0.4 is 15.4 Å². The van der Waals surface area contributed by atoms with Crippen molar-refractivity contribution in [3.05, 3.63) is 87.9 Å². The van der Waals surface area contributed by atoms with Gasteiger partial charge in [-0.25, -0.2) is 0 Å². The fourth-order valence-electron chi connectivity index (χ4n) is 2.61. The van der Waals surface area contributed by atoms with Crippen molar-refractivity contribution in [2.45, 2.75) is 13.5 Å². The molecule has 0 fully saturated rings. The zero-order chi connectivity index (χ0) is 20.8. The number of benzene rings is 3. The molecule has 3 aromatic rings. The molecule has 5 nitrogen and oxygen atoms in total. The highest BCUT2D eigenvalue weighted by Gasteiger charge is 2.11. The highest BCUT2D eigenvalue weighted by atomic mass is 79.9. The monoisotopic (exact) mass is 470 g/mol. The van der Waals surface area contributed by atoms with Crippen LogP contribution in [0.25, 0.3) is 0 Å². The second-order valence-corrected chi connectivity index (χ2v) is 7.60. The molecular weight excluding hydrogens is 452 g/mol. The van der Waals surface area contributed by atoms with Gasteiger partial charge in [-0.05, 0) is 76.5 Å². The fourth-order valence-corrected chi connectivity index (χ4v) is 3.38. The minimum absolute atomic E-state index is 0.155. The fraction of sp³-hybridized carbons (Fsp3) is 0.0909. The molecule has 7 heteroatoms. The van der Waals surface area contributed by atoms with Gasteiger partial charge in [0.15, 0.2) is 5.11 Å². The van der Waals surface area contributed by atoms with Crippen molar-refractivity contribution in [1.82, 2.24) is 5.32 Å². The van der Waals surface area contributed by atoms with Crippen LogP contribution in [0.15, 0.2) is 71.2 Å². The van der Waals surface area contributed by atoms with E-state index < -0.39 is 0 Å². The Labute approximate surface area is 182 Å². The lowest BCUT2D eigenvalue weighted by Crippen LogP contribution is -2.34. The summed E-state index contributed by atoms with van der Waals surface area (Å²) in [7, 11) is 0. The third-order valence-corrected chi connectivity index (χ3v) is 4.89. The van der Waals surface area contributed by atoms with E-state index in [9.17, 15) is 9.90 Å². The lowest BCUT2D eigenvalue weighted by atomic mass is 10.2. The van der Waals surface area contributed by atoms with E-state index in [0.717, 1.165) is 5.56 Å². The number of hydrogen-bond donors (Lipinski definition) is 3. The maximum atomic E-state index is 12.5. The van der Waals surface area contributed by atoms with Crippen LogP contribution in [0.5, 0.6) is 11.5 Å². The Hall–Kier alpha value is -2.90. The normalized spacial score (nSPS) is 10.3. The van der Waals surface area contributed by atoms with Crippen molar-refractivity contribution in [3.63, 3.8) is 0 Å². The Kier molecular flexibility index (Phi) is 6.85. The number of aromatic hydroxyl groups is 1. The van der Waals surface area contributed by atoms with Crippen molar-refractivity contribution in [1.29, 1.82) is 0 Å². The lowest BCUT2D eigenvalue weighted by molar-refractivity contribution is 0.0977. The molecule has 1 amide bonds. The van der Waals surface area contributed by atoms with Gasteiger partial charge in [-0.2, -0.15) is 0 Å². The Balaban J connectivity index is 1.61. The van der Waals surface area contributed by atoms with Gasteiger partial charge >= 0.3 is 0 Å². The van der Waals surface area contributed by atoms with Gasteiger partial charge in [0.05, 0.1) is 4.47 Å². The maximum absolute atomic E-state index is 12.5. The summed E-state index contributed by atoms with van der Waals surface area (Å²) in [5.74, 6) is 0.415. The van der Waals surface area contributed by atoms with E-state index in [0.29, 0.717) is 33.6 Å². The number of amides is 1. The summed E-state index contributed by atoms with van der Waals surface area (Å²) >= 11 is 8.51. The minimum Gasteiger partial charge on any atom is -0.506 e. The van der Waals surface area contributed by atoms with Crippen LogP contribution in [-0.2, 0) is 6.61 Å². The molecule has 0 heterocycles. The largest absolute Gasteiger partial charge is 0.506 e. The van der Waals surface area contributed by atoms with Crippen molar-refractivity contribution in [2.24, 2.45) is 0 Å². The zero-order valence-corrected chi connectivity index (χ0v) is 18.0. The smallest absolute Gasteiger partial charge is 0.257 e. The molecular formula is C22H19BrN2O3S. The van der Waals surface area contributed by atoms with Gasteiger partial charge in [-0.1, -0.05) is 36.4 Å². The van der Waals surface area contributed by atoms with Crippen LogP contribution in [0.2, 0.25) is 0 Å². The predicted molar refractivity (Wildman–Crippen MR) is 121 cm³/mol. The van der Waals surface area contributed by atoms with Gasteiger partial charge in [0.25, 0.3) is 5.91 Å². The molecule has 3 N–H and O–H groups in total. The molecule has 3 rings (SSSR count). The number of halogens is 1. The summed E-state index contributed by atoms with van der Waals surface area (Å²) < 4.78 is 6.30. The number of carbonyl (C=O) groups is 1. The van der Waals surface area contributed by atoms with Crippen LogP contribution in [0.1, 0.15) is 21.5 Å². The highest BCUT2D eigenvalue weighted by Crippen LogP contribution is 2.30. The number of thiocarbonyl (C=S) groups is 1. The predicted octanol–water partition coefficient (Wildman–Crippen LogP) is 5.17. The first-order valence-electron chi connectivity index (χ1n) is 8.80. The average Bonchev–Trinajstić information content (AvgIpc) is 2.71. The zero-order valence-electron chi connectivity index (χ0n) is 15.6. The van der Waals surface area contributed by atoms with Gasteiger partial charge in [-0.15, -0.1) is 0 Å². The molecule has 0 aromatic heterocycles. The van der Waals surface area contributed by atoms with Gasteiger partial charge in [0.2, 0.25) is 0 Å². The topological polar surface area (TPSA) is 70.6 Å². The van der Waals surface area contributed by atoms with E-state index in [1.165, 1.54) is 0 Å². The first kappa shape index (κ1) is 20.8. The number of phenols is 1. The maximum Gasteiger partial charge on any atom is 0.257 e. The third-order valence-electron chi connectivity index (χ3n) is 4.08. The summed E-state index contributed by atoms with van der Waals surface area (Å²) in [4.78, 5) is 12.5. The molecule has 0 saturated heterocycles. The number of aryl methyl sites for hydroxylation is 1. The molecule has 0 atom stereocenters. The van der Waals surface area contributed by atoms with Crippen molar-refractivity contribution in [2.75, 3.05) is 5.32 Å². The SMILES string of the molecule is Cc1cc(NC(=S)NC(=O)c2cccc(OCc3ccccc3)c2)cc(Br)c1O. The molecule has 0 saturated carbocycles. The highest BCUT2D eigenvalue weighted by molar-refractivity contribution is 9.10. The van der Waals surface area contributed by atoms with Gasteiger partial charge in [0, 0.05) is 11.3 Å². The Morgan fingerprint density at radius 3 is 2.59 bits per heavy atom. The number of carbonyl (C=O) groups excluding carboxylic acids is 1. The summed E-state index contributed by atoms with van der Waals surface area (Å²) in [6, 6.07) is 20.1. The molecule has 148 valence electrons. The number of anilines is 1. The molecule has 29 heavy (non-hydrogen) atoms.